The van der Waals surface area contributed by atoms with Crippen molar-refractivity contribution in [3.63, 3.8) is 0 Å². The number of morpholine rings is 1. The van der Waals surface area contributed by atoms with Crippen molar-refractivity contribution >= 4 is 35.0 Å². The van der Waals surface area contributed by atoms with E-state index in [1.54, 1.807) is 38.1 Å². The van der Waals surface area contributed by atoms with Crippen LogP contribution in [-0.4, -0.2) is 84.1 Å². The number of nitrogens with zero attached hydrogens (tertiary/aromatic N) is 2. The third kappa shape index (κ3) is 4.91. The molecular formula is C26H30ClN3O6. The summed E-state index contributed by atoms with van der Waals surface area (Å²) in [5.41, 5.74) is 2.05. The Balaban J connectivity index is 1.74. The van der Waals surface area contributed by atoms with Crippen LogP contribution in [0.25, 0.3) is 5.76 Å². The van der Waals surface area contributed by atoms with Gasteiger partial charge >= 0.3 is 5.97 Å². The summed E-state index contributed by atoms with van der Waals surface area (Å²) in [7, 11) is 1.26. The van der Waals surface area contributed by atoms with E-state index in [-0.39, 0.29) is 17.0 Å². The summed E-state index contributed by atoms with van der Waals surface area (Å²) in [5, 5.41) is 11.9. The van der Waals surface area contributed by atoms with Crippen molar-refractivity contribution in [1.29, 1.82) is 0 Å². The molecule has 2 aliphatic heterocycles. The molecule has 3 heterocycles. The number of benzene rings is 1. The van der Waals surface area contributed by atoms with Crippen LogP contribution >= 0.6 is 11.6 Å². The van der Waals surface area contributed by atoms with E-state index in [0.717, 1.165) is 19.6 Å². The van der Waals surface area contributed by atoms with Gasteiger partial charge in [0.25, 0.3) is 11.7 Å². The number of rotatable bonds is 7. The van der Waals surface area contributed by atoms with Crippen LogP contribution in [0, 0.1) is 13.8 Å². The predicted octanol–water partition coefficient (Wildman–Crippen LogP) is 3.22. The maximum absolute atomic E-state index is 13.3. The van der Waals surface area contributed by atoms with E-state index in [2.05, 4.69) is 9.88 Å². The Labute approximate surface area is 214 Å². The first-order valence-corrected chi connectivity index (χ1v) is 12.2. The van der Waals surface area contributed by atoms with Crippen LogP contribution in [0.2, 0.25) is 5.02 Å². The van der Waals surface area contributed by atoms with Gasteiger partial charge in [-0.15, -0.1) is 0 Å². The van der Waals surface area contributed by atoms with Gasteiger partial charge in [0.2, 0.25) is 0 Å². The van der Waals surface area contributed by atoms with E-state index in [0.29, 0.717) is 53.6 Å². The smallest absolute Gasteiger partial charge is 0.354 e. The number of ether oxygens (including phenoxy) is 2. The Morgan fingerprint density at radius 2 is 1.83 bits per heavy atom. The van der Waals surface area contributed by atoms with Crippen molar-refractivity contribution in [2.24, 2.45) is 0 Å². The number of carbonyl (C=O) groups excluding carboxylic acids is 3. The number of esters is 1. The second kappa shape index (κ2) is 10.9. The van der Waals surface area contributed by atoms with Gasteiger partial charge in [0, 0.05) is 42.5 Å². The van der Waals surface area contributed by atoms with E-state index in [4.69, 9.17) is 21.1 Å². The molecule has 0 bridgehead atoms. The van der Waals surface area contributed by atoms with Gasteiger partial charge in [-0.25, -0.2) is 4.79 Å². The van der Waals surface area contributed by atoms with Crippen LogP contribution in [0.3, 0.4) is 0 Å². The van der Waals surface area contributed by atoms with Gasteiger partial charge < -0.3 is 24.5 Å². The molecule has 1 aromatic carbocycles. The molecule has 0 aliphatic carbocycles. The lowest BCUT2D eigenvalue weighted by atomic mass is 9.94. The number of aryl methyl sites for hydroxylation is 1. The number of amides is 1. The second-order valence-electron chi connectivity index (χ2n) is 8.97. The number of hydrogen-bond acceptors (Lipinski definition) is 7. The number of likely N-dealkylation sites (tertiary alicyclic amines) is 1. The number of methoxy groups -OCH3 is 1. The summed E-state index contributed by atoms with van der Waals surface area (Å²) in [5.74, 6) is -2.35. The van der Waals surface area contributed by atoms with Gasteiger partial charge in [-0.3, -0.25) is 14.5 Å². The molecule has 10 heteroatoms. The number of aromatic amines is 1. The number of carbonyl (C=O) groups is 3. The van der Waals surface area contributed by atoms with Gasteiger partial charge in [-0.05, 0) is 43.5 Å². The topological polar surface area (TPSA) is 112 Å². The second-order valence-corrected chi connectivity index (χ2v) is 9.40. The largest absolute Gasteiger partial charge is 0.507 e. The average molecular weight is 516 g/mol. The van der Waals surface area contributed by atoms with Crippen molar-refractivity contribution in [3.05, 3.63) is 62.9 Å². The Kier molecular flexibility index (Phi) is 7.82. The van der Waals surface area contributed by atoms with E-state index in [1.165, 1.54) is 12.0 Å². The summed E-state index contributed by atoms with van der Waals surface area (Å²) < 4.78 is 10.2. The number of aliphatic hydroxyl groups is 1. The number of nitrogens with one attached hydrogen (secondary N) is 1. The first-order chi connectivity index (χ1) is 17.2. The normalized spacial score (nSPS) is 20.2. The maximum Gasteiger partial charge on any atom is 0.354 e. The molecule has 2 saturated heterocycles. The molecule has 0 unspecified atom stereocenters. The molecule has 9 nitrogen and oxygen atoms in total. The minimum Gasteiger partial charge on any atom is -0.507 e. The highest BCUT2D eigenvalue weighted by atomic mass is 35.5. The number of aromatic nitrogens is 1. The Bertz CT molecular complexity index is 1200. The van der Waals surface area contributed by atoms with Crippen molar-refractivity contribution in [3.8, 4) is 0 Å². The number of Topliss-reactive ketones (excluding diaryl/α,β-unsaturated/α-hetero) is 1. The zero-order valence-electron chi connectivity index (χ0n) is 20.6. The standard InChI is InChI=1S/C26H30ClN3O6/c1-15-19(16(2)28-21(15)26(34)35-3)23(31)20-22(17-5-7-18(27)8-6-17)30(25(33)24(20)32)10-4-9-29-11-13-36-14-12-29/h5-8,22,28,31H,4,9-14H2,1-3H3/b23-20+/t22-/m0/s1. The highest BCUT2D eigenvalue weighted by Gasteiger charge is 2.46. The van der Waals surface area contributed by atoms with E-state index >= 15 is 0 Å². The van der Waals surface area contributed by atoms with Gasteiger partial charge in [-0.2, -0.15) is 0 Å². The van der Waals surface area contributed by atoms with E-state index < -0.39 is 23.7 Å². The van der Waals surface area contributed by atoms with Crippen LogP contribution in [0.1, 0.15) is 45.3 Å². The van der Waals surface area contributed by atoms with Gasteiger partial charge in [0.05, 0.1) is 31.9 Å². The summed E-state index contributed by atoms with van der Waals surface area (Å²) in [6, 6.07) is 6.08. The maximum atomic E-state index is 13.3. The lowest BCUT2D eigenvalue weighted by molar-refractivity contribution is -0.140. The fraction of sp³-hybridized carbons (Fsp3) is 0.423. The SMILES string of the molecule is COC(=O)c1[nH]c(C)c(/C(O)=C2\C(=O)C(=O)N(CCCN3CCOCC3)[C@H]2c2ccc(Cl)cc2)c1C. The van der Waals surface area contributed by atoms with Crippen molar-refractivity contribution < 1.29 is 29.0 Å². The van der Waals surface area contributed by atoms with Crippen LogP contribution in [-0.2, 0) is 19.1 Å². The molecule has 1 atom stereocenters. The Morgan fingerprint density at radius 1 is 1.17 bits per heavy atom. The third-order valence-corrected chi connectivity index (χ3v) is 7.02. The summed E-state index contributed by atoms with van der Waals surface area (Å²) in [6.07, 6.45) is 0.659. The summed E-state index contributed by atoms with van der Waals surface area (Å²) in [4.78, 5) is 45.4. The van der Waals surface area contributed by atoms with E-state index in [9.17, 15) is 19.5 Å². The number of aliphatic hydroxyl groups excluding tert-OH is 1. The molecule has 2 aromatic rings. The third-order valence-electron chi connectivity index (χ3n) is 6.77. The van der Waals surface area contributed by atoms with Crippen LogP contribution in [0.4, 0.5) is 0 Å². The lowest BCUT2D eigenvalue weighted by Crippen LogP contribution is -2.38. The number of halogens is 1. The molecule has 192 valence electrons. The molecule has 2 fully saturated rings. The number of hydrogen-bond donors (Lipinski definition) is 2. The Morgan fingerprint density at radius 3 is 2.47 bits per heavy atom. The Hall–Kier alpha value is -3.14. The summed E-state index contributed by atoms with van der Waals surface area (Å²) >= 11 is 6.09. The highest BCUT2D eigenvalue weighted by molar-refractivity contribution is 6.46. The van der Waals surface area contributed by atoms with Gasteiger partial charge in [0.15, 0.2) is 0 Å². The fourth-order valence-corrected chi connectivity index (χ4v) is 5.06. The first-order valence-electron chi connectivity index (χ1n) is 11.9. The quantitative estimate of drug-likeness (QED) is 0.252. The minimum atomic E-state index is -0.790. The molecule has 0 radical (unpaired) electrons. The van der Waals surface area contributed by atoms with Crippen LogP contribution < -0.4 is 0 Å². The lowest BCUT2D eigenvalue weighted by Gasteiger charge is -2.29. The van der Waals surface area contributed by atoms with Crippen molar-refractivity contribution in [2.45, 2.75) is 26.3 Å². The predicted molar refractivity (Wildman–Crippen MR) is 134 cm³/mol. The van der Waals surface area contributed by atoms with Crippen molar-refractivity contribution in [1.82, 2.24) is 14.8 Å². The van der Waals surface area contributed by atoms with Gasteiger partial charge in [0.1, 0.15) is 11.5 Å². The zero-order valence-corrected chi connectivity index (χ0v) is 21.4. The van der Waals surface area contributed by atoms with Crippen LogP contribution in [0.5, 0.6) is 0 Å². The van der Waals surface area contributed by atoms with Crippen molar-refractivity contribution in [2.75, 3.05) is 46.5 Å². The zero-order chi connectivity index (χ0) is 26.0. The minimum absolute atomic E-state index is 0.0182. The van der Waals surface area contributed by atoms with E-state index in [1.807, 2.05) is 0 Å². The molecule has 2 aliphatic rings. The molecular weight excluding hydrogens is 486 g/mol. The number of ketones is 1. The van der Waals surface area contributed by atoms with Crippen LogP contribution in [0.15, 0.2) is 29.8 Å². The first kappa shape index (κ1) is 25.9. The average Bonchev–Trinajstić information content (AvgIpc) is 3.31. The molecule has 36 heavy (non-hydrogen) atoms. The molecule has 1 amide bonds. The molecule has 0 saturated carbocycles. The molecule has 4 rings (SSSR count). The highest BCUT2D eigenvalue weighted by Crippen LogP contribution is 2.41. The number of H-pyrrole nitrogens is 1. The fourth-order valence-electron chi connectivity index (χ4n) is 4.94. The summed E-state index contributed by atoms with van der Waals surface area (Å²) in [6.45, 7) is 7.45. The molecule has 0 spiro atoms. The van der Waals surface area contributed by atoms with Gasteiger partial charge in [-0.1, -0.05) is 23.7 Å². The monoisotopic (exact) mass is 515 g/mol. The molecule has 2 N–H and O–H groups in total. The molecule has 1 aromatic heterocycles.